The van der Waals surface area contributed by atoms with E-state index in [-0.39, 0.29) is 30.1 Å². The molecule has 1 fully saturated rings. The maximum absolute atomic E-state index is 13.6. The van der Waals surface area contributed by atoms with E-state index in [0.29, 0.717) is 19.6 Å². The molecule has 0 bridgehead atoms. The minimum Gasteiger partial charge on any atom is -0.337 e. The van der Waals surface area contributed by atoms with Gasteiger partial charge in [0.1, 0.15) is 0 Å². The first kappa shape index (κ1) is 20.5. The number of aromatic nitrogens is 2. The normalized spacial score (nSPS) is 20.5. The first-order valence-electron chi connectivity index (χ1n) is 11.1. The first-order chi connectivity index (χ1) is 15.4. The number of benzene rings is 2. The van der Waals surface area contributed by atoms with E-state index in [1.165, 1.54) is 11.1 Å². The topological polar surface area (TPSA) is 58.4 Å². The zero-order valence-corrected chi connectivity index (χ0v) is 18.8. The Labute approximate surface area is 188 Å². The van der Waals surface area contributed by atoms with Crippen molar-refractivity contribution in [2.75, 3.05) is 18.0 Å². The molecule has 0 unspecified atom stereocenters. The molecule has 0 N–H and O–H groups in total. The molecular weight excluding hydrogens is 400 g/mol. The van der Waals surface area contributed by atoms with Gasteiger partial charge in [-0.3, -0.25) is 14.3 Å². The summed E-state index contributed by atoms with van der Waals surface area (Å²) in [7, 11) is 1.91. The Morgan fingerprint density at radius 3 is 2.62 bits per heavy atom. The van der Waals surface area contributed by atoms with Crippen LogP contribution in [-0.2, 0) is 23.2 Å². The number of anilines is 1. The van der Waals surface area contributed by atoms with Crippen molar-refractivity contribution in [2.24, 2.45) is 13.0 Å². The van der Waals surface area contributed by atoms with Crippen molar-refractivity contribution in [1.82, 2.24) is 14.7 Å². The summed E-state index contributed by atoms with van der Waals surface area (Å²) in [5.41, 5.74) is 6.75. The minimum absolute atomic E-state index is 0.0211. The molecule has 32 heavy (non-hydrogen) atoms. The molecular formula is C26H28N4O2. The number of fused-ring (bicyclic) bond motifs is 1. The van der Waals surface area contributed by atoms with Gasteiger partial charge in [-0.05, 0) is 53.8 Å². The Balaban J connectivity index is 1.38. The fourth-order valence-corrected chi connectivity index (χ4v) is 4.95. The lowest BCUT2D eigenvalue weighted by Crippen LogP contribution is -2.42. The maximum Gasteiger partial charge on any atom is 0.228 e. The Bertz CT molecular complexity index is 1200. The van der Waals surface area contributed by atoms with Crippen molar-refractivity contribution in [2.45, 2.75) is 32.7 Å². The van der Waals surface area contributed by atoms with Crippen molar-refractivity contribution in [3.8, 4) is 0 Å². The molecule has 3 heterocycles. The van der Waals surface area contributed by atoms with Crippen LogP contribution in [0.2, 0.25) is 0 Å². The Kier molecular flexibility index (Phi) is 5.08. The van der Waals surface area contributed by atoms with Crippen LogP contribution in [0.3, 0.4) is 0 Å². The highest BCUT2D eigenvalue weighted by Gasteiger charge is 2.39. The van der Waals surface area contributed by atoms with E-state index in [1.54, 1.807) is 9.58 Å². The van der Waals surface area contributed by atoms with Gasteiger partial charge in [0.2, 0.25) is 11.8 Å². The maximum atomic E-state index is 13.6. The molecule has 2 aromatic carbocycles. The second-order valence-corrected chi connectivity index (χ2v) is 9.09. The van der Waals surface area contributed by atoms with Crippen molar-refractivity contribution < 1.29 is 9.59 Å². The van der Waals surface area contributed by atoms with Gasteiger partial charge < -0.3 is 9.80 Å². The smallest absolute Gasteiger partial charge is 0.228 e. The largest absolute Gasteiger partial charge is 0.337 e. The Morgan fingerprint density at radius 2 is 1.88 bits per heavy atom. The molecule has 164 valence electrons. The third-order valence-electron chi connectivity index (χ3n) is 6.91. The van der Waals surface area contributed by atoms with E-state index in [0.717, 1.165) is 22.4 Å². The average Bonchev–Trinajstić information content (AvgIpc) is 3.40. The van der Waals surface area contributed by atoms with Crippen LogP contribution in [-0.4, -0.2) is 39.6 Å². The number of rotatable bonds is 3. The van der Waals surface area contributed by atoms with E-state index >= 15 is 0 Å². The van der Waals surface area contributed by atoms with Crippen LogP contribution < -0.4 is 4.90 Å². The second-order valence-electron chi connectivity index (χ2n) is 9.09. The van der Waals surface area contributed by atoms with Gasteiger partial charge in [-0.15, -0.1) is 0 Å². The highest BCUT2D eigenvalue weighted by atomic mass is 16.2. The summed E-state index contributed by atoms with van der Waals surface area (Å²) < 4.78 is 1.80. The molecule has 5 rings (SSSR count). The molecule has 6 nitrogen and oxygen atoms in total. The summed E-state index contributed by atoms with van der Waals surface area (Å²) in [6, 6.07) is 14.4. The quantitative estimate of drug-likeness (QED) is 0.641. The zero-order chi connectivity index (χ0) is 22.4. The number of aryl methyl sites for hydroxylation is 3. The lowest BCUT2D eigenvalue weighted by atomic mass is 9.85. The molecule has 0 radical (unpaired) electrons. The molecule has 2 aliphatic rings. The van der Waals surface area contributed by atoms with Gasteiger partial charge in [0.15, 0.2) is 0 Å². The minimum atomic E-state index is -0.316. The summed E-state index contributed by atoms with van der Waals surface area (Å²) in [5.74, 6) is -0.143. The van der Waals surface area contributed by atoms with E-state index in [2.05, 4.69) is 30.2 Å². The lowest BCUT2D eigenvalue weighted by Gasteiger charge is -2.35. The fraction of sp³-hybridized carbons (Fsp3) is 0.346. The van der Waals surface area contributed by atoms with Gasteiger partial charge in [-0.25, -0.2) is 0 Å². The Hall–Kier alpha value is -3.41. The summed E-state index contributed by atoms with van der Waals surface area (Å²) in [5, 5.41) is 4.34. The van der Waals surface area contributed by atoms with Gasteiger partial charge in [0.25, 0.3) is 0 Å². The van der Waals surface area contributed by atoms with Crippen molar-refractivity contribution in [3.63, 3.8) is 0 Å². The van der Waals surface area contributed by atoms with E-state index in [4.69, 9.17) is 0 Å². The van der Waals surface area contributed by atoms with Gasteiger partial charge in [-0.2, -0.15) is 5.10 Å². The standard InChI is InChI=1S/C26H28N4O2/c1-17-8-9-22(10-18(17)2)30-15-20(11-25(30)31)26(32)29-14-19-6-4-5-7-23(19)24(16-29)21-12-27-28(3)13-21/h4-10,12-13,20,24H,11,14-16H2,1-3H3/t20-,24-/m1/s1. The number of amides is 2. The third-order valence-corrected chi connectivity index (χ3v) is 6.91. The third kappa shape index (κ3) is 3.60. The second kappa shape index (κ2) is 7.93. The van der Waals surface area contributed by atoms with E-state index in [1.807, 2.05) is 55.5 Å². The highest BCUT2D eigenvalue weighted by molar-refractivity contribution is 6.00. The van der Waals surface area contributed by atoms with Crippen LogP contribution in [0, 0.1) is 19.8 Å². The monoisotopic (exact) mass is 428 g/mol. The number of nitrogens with zero attached hydrogens (tertiary/aromatic N) is 4. The average molecular weight is 429 g/mol. The van der Waals surface area contributed by atoms with Crippen molar-refractivity contribution in [3.05, 3.63) is 82.7 Å². The molecule has 1 saturated heterocycles. The van der Waals surface area contributed by atoms with Crippen LogP contribution >= 0.6 is 0 Å². The molecule has 2 amide bonds. The van der Waals surface area contributed by atoms with Crippen molar-refractivity contribution in [1.29, 1.82) is 0 Å². The molecule has 2 aliphatic heterocycles. The molecule has 2 atom stereocenters. The zero-order valence-electron chi connectivity index (χ0n) is 18.8. The highest BCUT2D eigenvalue weighted by Crippen LogP contribution is 2.35. The van der Waals surface area contributed by atoms with E-state index in [9.17, 15) is 9.59 Å². The summed E-state index contributed by atoms with van der Waals surface area (Å²) in [6.07, 6.45) is 4.17. The van der Waals surface area contributed by atoms with E-state index < -0.39 is 0 Å². The SMILES string of the molecule is Cc1ccc(N2C[C@H](C(=O)N3Cc4ccccc4[C@@H](c4cnn(C)c4)C3)CC2=O)cc1C. The molecule has 3 aromatic rings. The van der Waals surface area contributed by atoms with Gasteiger partial charge >= 0.3 is 0 Å². The van der Waals surface area contributed by atoms with Crippen LogP contribution in [0.5, 0.6) is 0 Å². The summed E-state index contributed by atoms with van der Waals surface area (Å²) in [4.78, 5) is 30.1. The first-order valence-corrected chi connectivity index (χ1v) is 11.1. The van der Waals surface area contributed by atoms with Gasteiger partial charge in [0, 0.05) is 50.9 Å². The van der Waals surface area contributed by atoms with Crippen LogP contribution in [0.1, 0.15) is 40.2 Å². The van der Waals surface area contributed by atoms with Gasteiger partial charge in [-0.1, -0.05) is 30.3 Å². The predicted molar refractivity (Wildman–Crippen MR) is 123 cm³/mol. The number of carbonyl (C=O) groups is 2. The number of hydrogen-bond donors (Lipinski definition) is 0. The number of carbonyl (C=O) groups excluding carboxylic acids is 2. The van der Waals surface area contributed by atoms with Crippen molar-refractivity contribution >= 4 is 17.5 Å². The summed E-state index contributed by atoms with van der Waals surface area (Å²) in [6.45, 7) is 5.74. The summed E-state index contributed by atoms with van der Waals surface area (Å²) >= 11 is 0. The predicted octanol–water partition coefficient (Wildman–Crippen LogP) is 3.56. The molecule has 0 spiro atoms. The molecule has 0 aliphatic carbocycles. The van der Waals surface area contributed by atoms with Crippen LogP contribution in [0.25, 0.3) is 0 Å². The van der Waals surface area contributed by atoms with Crippen LogP contribution in [0.4, 0.5) is 5.69 Å². The molecule has 6 heteroatoms. The molecule has 1 aromatic heterocycles. The van der Waals surface area contributed by atoms with Gasteiger partial charge in [0.05, 0.1) is 12.1 Å². The van der Waals surface area contributed by atoms with Crippen LogP contribution in [0.15, 0.2) is 54.9 Å². The lowest BCUT2D eigenvalue weighted by molar-refractivity contribution is -0.136. The molecule has 0 saturated carbocycles. The number of hydrogen-bond acceptors (Lipinski definition) is 3. The Morgan fingerprint density at radius 1 is 1.06 bits per heavy atom. The fourth-order valence-electron chi connectivity index (χ4n) is 4.95.